The number of H-pyrrole nitrogens is 1. The van der Waals surface area contributed by atoms with Gasteiger partial charge in [0.05, 0.1) is 0 Å². The van der Waals surface area contributed by atoms with Gasteiger partial charge < -0.3 is 21.4 Å². The molecule has 1 fully saturated rings. The third kappa shape index (κ3) is 3.82. The maximum Gasteiger partial charge on any atom is 0.353 e. The molecule has 0 aromatic carbocycles. The predicted molar refractivity (Wildman–Crippen MR) is 112 cm³/mol. The maximum absolute atomic E-state index is 12.7. The van der Waals surface area contributed by atoms with Gasteiger partial charge >= 0.3 is 5.97 Å². The normalized spacial score (nSPS) is 21.0. The number of anilines is 1. The zero-order valence-electron chi connectivity index (χ0n) is 15.0. The summed E-state index contributed by atoms with van der Waals surface area (Å²) in [4.78, 5) is 46.4. The Bertz CT molecular complexity index is 1130. The summed E-state index contributed by atoms with van der Waals surface area (Å²) in [6, 6.07) is -1.03. The molecule has 0 bridgehead atoms. The Balaban J connectivity index is 1.53. The Morgan fingerprint density at radius 3 is 2.84 bits per heavy atom. The van der Waals surface area contributed by atoms with E-state index in [1.54, 1.807) is 0 Å². The number of carbonyl (C=O) groups excluding carboxylic acids is 2. The van der Waals surface area contributed by atoms with Gasteiger partial charge in [-0.15, -0.1) is 11.8 Å². The summed E-state index contributed by atoms with van der Waals surface area (Å²) in [5.41, 5.74) is 4.72. The van der Waals surface area contributed by atoms with E-state index >= 15 is 0 Å². The second-order valence-corrected chi connectivity index (χ2v) is 9.77. The number of halogens is 1. The lowest BCUT2D eigenvalue weighted by Gasteiger charge is -2.49. The SMILES string of the molecule is Nc1nc(/C(=N/O)C(=O)N[C@@H]2C(=O)N3C(C(=O)O)=C(Sc4ncn[nH]4)CS[C@H]23)c(Cl)s1. The Morgan fingerprint density at radius 1 is 1.48 bits per heavy atom. The standard InChI is InChI=1S/C14H11ClN8O5S3/c15-8-4(20-13(16)31-8)5(22-28)9(24)19-6-10(25)23-7(12(26)27)3(1-29-11(6)23)30-14-17-2-18-21-14/h2,6,11,28H,1H2,(H2,16,20)(H,19,24)(H,26,27)(H,17,18,21)/b22-5-/t6-,11-/m1/s1. The molecule has 31 heavy (non-hydrogen) atoms. The van der Waals surface area contributed by atoms with Gasteiger partial charge in [0, 0.05) is 10.7 Å². The van der Waals surface area contributed by atoms with E-state index in [1.165, 1.54) is 18.1 Å². The molecule has 1 saturated heterocycles. The van der Waals surface area contributed by atoms with E-state index in [4.69, 9.17) is 17.3 Å². The quantitative estimate of drug-likeness (QED) is 0.156. The minimum Gasteiger partial charge on any atom is -0.477 e. The highest BCUT2D eigenvalue weighted by atomic mass is 35.5. The fourth-order valence-corrected chi connectivity index (χ4v) is 6.18. The molecule has 2 aromatic heterocycles. The number of amides is 2. The van der Waals surface area contributed by atoms with Gasteiger partial charge in [-0.2, -0.15) is 5.10 Å². The van der Waals surface area contributed by atoms with E-state index in [9.17, 15) is 24.7 Å². The van der Waals surface area contributed by atoms with E-state index in [1.807, 2.05) is 0 Å². The molecule has 4 rings (SSSR count). The average molecular weight is 503 g/mol. The third-order valence-electron chi connectivity index (χ3n) is 4.18. The molecule has 2 atom stereocenters. The monoisotopic (exact) mass is 502 g/mol. The van der Waals surface area contributed by atoms with Gasteiger partial charge in [0.25, 0.3) is 11.8 Å². The molecule has 2 aliphatic heterocycles. The molecule has 0 spiro atoms. The number of aromatic amines is 1. The summed E-state index contributed by atoms with van der Waals surface area (Å²) >= 11 is 9.16. The maximum atomic E-state index is 12.7. The first-order valence-corrected chi connectivity index (χ1v) is 11.3. The Labute approximate surface area is 190 Å². The van der Waals surface area contributed by atoms with Crippen LogP contribution in [-0.2, 0) is 14.4 Å². The van der Waals surface area contributed by atoms with Crippen LogP contribution >= 0.6 is 46.5 Å². The topological polar surface area (TPSA) is 200 Å². The van der Waals surface area contributed by atoms with Gasteiger partial charge in [0.15, 0.2) is 16.0 Å². The highest BCUT2D eigenvalue weighted by Gasteiger charge is 2.54. The van der Waals surface area contributed by atoms with Gasteiger partial charge in [-0.25, -0.2) is 14.8 Å². The number of hydrogen-bond donors (Lipinski definition) is 5. The van der Waals surface area contributed by atoms with Crippen molar-refractivity contribution in [3.8, 4) is 0 Å². The van der Waals surface area contributed by atoms with E-state index in [0.29, 0.717) is 10.1 Å². The number of hydrogen-bond acceptors (Lipinski definition) is 12. The average Bonchev–Trinajstić information content (AvgIpc) is 3.35. The summed E-state index contributed by atoms with van der Waals surface area (Å²) in [5.74, 6) is -2.55. The summed E-state index contributed by atoms with van der Waals surface area (Å²) in [6.45, 7) is 0. The lowest BCUT2D eigenvalue weighted by molar-refractivity contribution is -0.150. The zero-order chi connectivity index (χ0) is 22.3. The van der Waals surface area contributed by atoms with Crippen LogP contribution in [0.15, 0.2) is 27.2 Å². The number of rotatable bonds is 6. The number of aromatic nitrogens is 4. The van der Waals surface area contributed by atoms with Crippen molar-refractivity contribution in [3.05, 3.63) is 27.0 Å². The third-order valence-corrected chi connectivity index (χ3v) is 7.70. The van der Waals surface area contributed by atoms with Crippen molar-refractivity contribution in [3.63, 3.8) is 0 Å². The molecule has 0 aliphatic carbocycles. The van der Waals surface area contributed by atoms with Crippen LogP contribution in [0, 0.1) is 0 Å². The molecule has 4 heterocycles. The van der Waals surface area contributed by atoms with E-state index in [0.717, 1.165) is 28.0 Å². The number of β-lactam (4-membered cyclic amide) rings is 1. The molecule has 162 valence electrons. The number of nitrogens with zero attached hydrogens (tertiary/aromatic N) is 5. The summed E-state index contributed by atoms with van der Waals surface area (Å²) in [7, 11) is 0. The van der Waals surface area contributed by atoms with Crippen molar-refractivity contribution in [2.24, 2.45) is 5.16 Å². The van der Waals surface area contributed by atoms with Crippen molar-refractivity contribution in [1.82, 2.24) is 30.4 Å². The summed E-state index contributed by atoms with van der Waals surface area (Å²) in [5, 5.41) is 30.4. The van der Waals surface area contributed by atoms with Crippen LogP contribution in [0.1, 0.15) is 5.69 Å². The van der Waals surface area contributed by atoms with Crippen molar-refractivity contribution in [1.29, 1.82) is 0 Å². The highest BCUT2D eigenvalue weighted by molar-refractivity contribution is 8.06. The molecule has 6 N–H and O–H groups in total. The van der Waals surface area contributed by atoms with Crippen molar-refractivity contribution in [2.75, 3.05) is 11.5 Å². The number of nitrogens with one attached hydrogen (secondary N) is 2. The second kappa shape index (κ2) is 8.37. The number of thioether (sulfide) groups is 2. The van der Waals surface area contributed by atoms with E-state index < -0.39 is 34.9 Å². The first-order chi connectivity index (χ1) is 14.8. The molecular weight excluding hydrogens is 492 g/mol. The Hall–Kier alpha value is -2.82. The fraction of sp³-hybridized carbons (Fsp3) is 0.214. The van der Waals surface area contributed by atoms with Crippen LogP contribution in [0.3, 0.4) is 0 Å². The van der Waals surface area contributed by atoms with Crippen molar-refractivity contribution >= 4 is 75.1 Å². The first kappa shape index (κ1) is 21.4. The number of fused-ring (bicyclic) bond motifs is 1. The number of carbonyl (C=O) groups is 3. The summed E-state index contributed by atoms with van der Waals surface area (Å²) < 4.78 is 0.0410. The minimum absolute atomic E-state index is 0.0410. The molecular formula is C14H11ClN8O5S3. The number of carboxylic acid groups (broad SMARTS) is 1. The van der Waals surface area contributed by atoms with Crippen LogP contribution in [0.2, 0.25) is 4.34 Å². The zero-order valence-corrected chi connectivity index (χ0v) is 18.2. The number of carboxylic acids is 1. The van der Waals surface area contributed by atoms with E-state index in [-0.39, 0.29) is 26.6 Å². The number of thiazole rings is 1. The molecule has 2 aromatic rings. The molecule has 13 nitrogen and oxygen atoms in total. The molecule has 0 saturated carbocycles. The van der Waals surface area contributed by atoms with Gasteiger partial charge in [-0.3, -0.25) is 19.6 Å². The fourth-order valence-electron chi connectivity index (χ4n) is 2.90. The highest BCUT2D eigenvalue weighted by Crippen LogP contribution is 2.44. The number of aliphatic carboxylic acids is 1. The van der Waals surface area contributed by atoms with Crippen LogP contribution in [0.4, 0.5) is 5.13 Å². The van der Waals surface area contributed by atoms with Crippen molar-refractivity contribution < 1.29 is 24.7 Å². The molecule has 0 radical (unpaired) electrons. The lowest BCUT2D eigenvalue weighted by Crippen LogP contribution is -2.71. The molecule has 0 unspecified atom stereocenters. The van der Waals surface area contributed by atoms with Crippen LogP contribution in [0.25, 0.3) is 0 Å². The van der Waals surface area contributed by atoms with Gasteiger partial charge in [-0.05, 0) is 0 Å². The van der Waals surface area contributed by atoms with Crippen LogP contribution in [0.5, 0.6) is 0 Å². The van der Waals surface area contributed by atoms with Crippen LogP contribution < -0.4 is 11.1 Å². The smallest absolute Gasteiger partial charge is 0.353 e. The Kier molecular flexibility index (Phi) is 5.78. The number of nitrogens with two attached hydrogens (primary N) is 1. The Morgan fingerprint density at radius 2 is 2.26 bits per heavy atom. The minimum atomic E-state index is -1.28. The predicted octanol–water partition coefficient (Wildman–Crippen LogP) is 0.164. The van der Waals surface area contributed by atoms with Gasteiger partial charge in [0.2, 0.25) is 0 Å². The molecule has 2 aliphatic rings. The first-order valence-electron chi connectivity index (χ1n) is 8.21. The lowest BCUT2D eigenvalue weighted by atomic mass is 10.0. The van der Waals surface area contributed by atoms with Gasteiger partial charge in [0.1, 0.15) is 33.5 Å². The number of oxime groups is 1. The van der Waals surface area contributed by atoms with Gasteiger partial charge in [-0.1, -0.05) is 39.9 Å². The number of nitrogen functional groups attached to an aromatic ring is 1. The largest absolute Gasteiger partial charge is 0.477 e. The van der Waals surface area contributed by atoms with Crippen molar-refractivity contribution in [2.45, 2.75) is 16.6 Å². The second-order valence-electron chi connectivity index (χ2n) is 5.95. The summed E-state index contributed by atoms with van der Waals surface area (Å²) in [6.07, 6.45) is 1.28. The van der Waals surface area contributed by atoms with Crippen LogP contribution in [-0.4, -0.2) is 76.0 Å². The molecule has 2 amide bonds. The molecule has 17 heteroatoms. The van der Waals surface area contributed by atoms with E-state index in [2.05, 4.69) is 30.6 Å².